The number of esters is 2. The van der Waals surface area contributed by atoms with E-state index < -0.39 is 73.3 Å². The standard InChI is InChI=1S/C30H48N4O10/c1-11-15-33(27(39)43-29(3,4)5)19-23(35)31(21-25(37)41-9)17-13-14-18-32(22-26(38)42-10)24(36)20-34(16-12-2)28(40)44-30(6,7)8/h11-14H,1-2,15-22H2,3-10H3/b14-13+. The Labute approximate surface area is 260 Å². The van der Waals surface area contributed by atoms with E-state index in [1.54, 1.807) is 41.5 Å². The first-order valence-corrected chi connectivity index (χ1v) is 13.9. The molecule has 0 heterocycles. The van der Waals surface area contributed by atoms with Crippen LogP contribution in [0.1, 0.15) is 41.5 Å². The van der Waals surface area contributed by atoms with Gasteiger partial charge in [0.2, 0.25) is 11.8 Å². The van der Waals surface area contributed by atoms with Gasteiger partial charge < -0.3 is 28.7 Å². The van der Waals surface area contributed by atoms with Crippen molar-refractivity contribution in [3.05, 3.63) is 37.5 Å². The average Bonchev–Trinajstić information content (AvgIpc) is 2.90. The summed E-state index contributed by atoms with van der Waals surface area (Å²) < 4.78 is 20.1. The summed E-state index contributed by atoms with van der Waals surface area (Å²) in [5, 5.41) is 0. The zero-order valence-electron chi connectivity index (χ0n) is 27.3. The Morgan fingerprint density at radius 2 is 0.864 bits per heavy atom. The van der Waals surface area contributed by atoms with E-state index in [0.29, 0.717) is 0 Å². The molecule has 0 spiro atoms. The lowest BCUT2D eigenvalue weighted by atomic mass is 10.2. The number of hydrogen-bond acceptors (Lipinski definition) is 10. The van der Waals surface area contributed by atoms with Crippen LogP contribution in [0.5, 0.6) is 0 Å². The van der Waals surface area contributed by atoms with Gasteiger partial charge in [-0.2, -0.15) is 0 Å². The second-order valence-corrected chi connectivity index (χ2v) is 11.5. The van der Waals surface area contributed by atoms with Crippen LogP contribution >= 0.6 is 0 Å². The molecular weight excluding hydrogens is 576 g/mol. The van der Waals surface area contributed by atoms with Gasteiger partial charge in [0.1, 0.15) is 37.4 Å². The third-order valence-corrected chi connectivity index (χ3v) is 5.27. The minimum atomic E-state index is -0.795. The molecule has 0 aliphatic carbocycles. The van der Waals surface area contributed by atoms with Crippen molar-refractivity contribution in [2.75, 3.05) is 66.6 Å². The van der Waals surface area contributed by atoms with Gasteiger partial charge in [0, 0.05) is 26.2 Å². The van der Waals surface area contributed by atoms with Gasteiger partial charge in [0.05, 0.1) is 14.2 Å². The van der Waals surface area contributed by atoms with Crippen LogP contribution in [-0.4, -0.2) is 133 Å². The Hall–Kier alpha value is -4.36. The van der Waals surface area contributed by atoms with Crippen molar-refractivity contribution in [2.24, 2.45) is 0 Å². The monoisotopic (exact) mass is 624 g/mol. The van der Waals surface area contributed by atoms with Gasteiger partial charge in [-0.25, -0.2) is 9.59 Å². The van der Waals surface area contributed by atoms with Gasteiger partial charge in [0.15, 0.2) is 0 Å². The SMILES string of the molecule is C=CCN(CC(=O)N(C/C=C/CN(CC(=O)OC)C(=O)CN(CC=C)C(=O)OC(C)(C)C)CC(=O)OC)C(=O)OC(C)(C)C. The molecule has 0 N–H and O–H groups in total. The largest absolute Gasteiger partial charge is 0.468 e. The van der Waals surface area contributed by atoms with E-state index >= 15 is 0 Å². The number of amides is 4. The third-order valence-electron chi connectivity index (χ3n) is 5.27. The number of carbonyl (C=O) groups excluding carboxylic acids is 6. The molecule has 4 amide bonds. The Balaban J connectivity index is 5.78. The number of nitrogens with zero attached hydrogens (tertiary/aromatic N) is 4. The third kappa shape index (κ3) is 16.9. The van der Waals surface area contributed by atoms with Crippen LogP contribution in [0.25, 0.3) is 0 Å². The van der Waals surface area contributed by atoms with Gasteiger partial charge in [-0.3, -0.25) is 29.0 Å². The van der Waals surface area contributed by atoms with Crippen LogP contribution in [0.2, 0.25) is 0 Å². The van der Waals surface area contributed by atoms with E-state index in [1.807, 2.05) is 0 Å². The predicted molar refractivity (Wildman–Crippen MR) is 162 cm³/mol. The van der Waals surface area contributed by atoms with Crippen LogP contribution in [0, 0.1) is 0 Å². The molecule has 0 aliphatic rings. The average molecular weight is 625 g/mol. The maximum Gasteiger partial charge on any atom is 0.411 e. The van der Waals surface area contributed by atoms with Crippen LogP contribution in [0.3, 0.4) is 0 Å². The predicted octanol–water partition coefficient (Wildman–Crippen LogP) is 2.39. The Bertz CT molecular complexity index is 977. The van der Waals surface area contributed by atoms with Crippen molar-refractivity contribution in [3.63, 3.8) is 0 Å². The van der Waals surface area contributed by atoms with Crippen molar-refractivity contribution in [2.45, 2.75) is 52.7 Å². The van der Waals surface area contributed by atoms with E-state index in [1.165, 1.54) is 38.5 Å². The summed E-state index contributed by atoms with van der Waals surface area (Å²) in [6, 6.07) is 0. The molecule has 248 valence electrons. The number of carbonyl (C=O) groups is 6. The Kier molecular flexibility index (Phi) is 17.1. The number of methoxy groups -OCH3 is 2. The molecule has 14 nitrogen and oxygen atoms in total. The van der Waals surface area contributed by atoms with Gasteiger partial charge >= 0.3 is 24.1 Å². The van der Waals surface area contributed by atoms with Crippen LogP contribution in [0.15, 0.2) is 37.5 Å². The normalized spacial score (nSPS) is 11.2. The van der Waals surface area contributed by atoms with Crippen molar-refractivity contribution in [1.82, 2.24) is 19.6 Å². The molecule has 0 fully saturated rings. The first kappa shape index (κ1) is 39.6. The van der Waals surface area contributed by atoms with Gasteiger partial charge in [-0.1, -0.05) is 24.3 Å². The molecule has 0 radical (unpaired) electrons. The molecule has 0 aromatic rings. The number of hydrogen-bond donors (Lipinski definition) is 0. The van der Waals surface area contributed by atoms with Crippen LogP contribution in [0.4, 0.5) is 9.59 Å². The molecule has 14 heteroatoms. The molecule has 0 aromatic carbocycles. The van der Waals surface area contributed by atoms with Gasteiger partial charge in [0.25, 0.3) is 0 Å². The topological polar surface area (TPSA) is 152 Å². The minimum absolute atomic E-state index is 0.0271. The number of rotatable bonds is 16. The second-order valence-electron chi connectivity index (χ2n) is 11.5. The van der Waals surface area contributed by atoms with Crippen molar-refractivity contribution >= 4 is 35.9 Å². The molecule has 0 aromatic heterocycles. The minimum Gasteiger partial charge on any atom is -0.468 e. The molecule has 0 rings (SSSR count). The summed E-state index contributed by atoms with van der Waals surface area (Å²) >= 11 is 0. The van der Waals surface area contributed by atoms with E-state index in [4.69, 9.17) is 18.9 Å². The lowest BCUT2D eigenvalue weighted by molar-refractivity contribution is -0.147. The molecule has 0 bridgehead atoms. The number of ether oxygens (including phenoxy) is 4. The zero-order valence-corrected chi connectivity index (χ0v) is 27.3. The van der Waals surface area contributed by atoms with Crippen molar-refractivity contribution < 1.29 is 47.7 Å². The summed E-state index contributed by atoms with van der Waals surface area (Å²) in [5.41, 5.74) is -1.59. The van der Waals surface area contributed by atoms with Gasteiger partial charge in [-0.15, -0.1) is 13.2 Å². The molecule has 0 unspecified atom stereocenters. The lowest BCUT2D eigenvalue weighted by Crippen LogP contribution is -2.46. The maximum atomic E-state index is 13.1. The molecule has 44 heavy (non-hydrogen) atoms. The highest BCUT2D eigenvalue weighted by Crippen LogP contribution is 2.12. The van der Waals surface area contributed by atoms with Crippen LogP contribution in [-0.2, 0) is 38.1 Å². The molecule has 0 aliphatic heterocycles. The zero-order chi connectivity index (χ0) is 34.1. The van der Waals surface area contributed by atoms with E-state index in [9.17, 15) is 28.8 Å². The summed E-state index contributed by atoms with van der Waals surface area (Å²) in [6.07, 6.45) is 4.45. The smallest absolute Gasteiger partial charge is 0.411 e. The highest BCUT2D eigenvalue weighted by molar-refractivity contribution is 5.87. The fourth-order valence-electron chi connectivity index (χ4n) is 3.25. The van der Waals surface area contributed by atoms with E-state index in [2.05, 4.69) is 13.2 Å². The quantitative estimate of drug-likeness (QED) is 0.142. The highest BCUT2D eigenvalue weighted by atomic mass is 16.6. The summed E-state index contributed by atoms with van der Waals surface area (Å²) in [5.74, 6) is -2.53. The Morgan fingerprint density at radius 3 is 1.11 bits per heavy atom. The van der Waals surface area contributed by atoms with Crippen molar-refractivity contribution in [1.29, 1.82) is 0 Å². The lowest BCUT2D eigenvalue weighted by Gasteiger charge is -2.29. The fraction of sp³-hybridized carbons (Fsp3) is 0.600. The molecule has 0 saturated carbocycles. The second kappa shape index (κ2) is 19.0. The molecule has 0 saturated heterocycles. The molecular formula is C30H48N4O10. The maximum absolute atomic E-state index is 13.1. The van der Waals surface area contributed by atoms with Crippen molar-refractivity contribution in [3.8, 4) is 0 Å². The first-order chi connectivity index (χ1) is 20.4. The molecule has 0 atom stereocenters. The van der Waals surface area contributed by atoms with Crippen LogP contribution < -0.4 is 0 Å². The first-order valence-electron chi connectivity index (χ1n) is 13.9. The Morgan fingerprint density at radius 1 is 0.545 bits per heavy atom. The van der Waals surface area contributed by atoms with E-state index in [-0.39, 0.29) is 26.2 Å². The summed E-state index contributed by atoms with van der Waals surface area (Å²) in [7, 11) is 2.35. The highest BCUT2D eigenvalue weighted by Gasteiger charge is 2.27. The van der Waals surface area contributed by atoms with Gasteiger partial charge in [-0.05, 0) is 41.5 Å². The fourth-order valence-corrected chi connectivity index (χ4v) is 3.25. The van der Waals surface area contributed by atoms with E-state index in [0.717, 1.165) is 19.6 Å². The summed E-state index contributed by atoms with van der Waals surface area (Å²) in [4.78, 5) is 80.1. The summed E-state index contributed by atoms with van der Waals surface area (Å²) in [6.45, 7) is 15.6.